The average molecular weight is 588 g/mol. The highest BCUT2D eigenvalue weighted by molar-refractivity contribution is 5.79. The monoisotopic (exact) mass is 587 g/mol. The molecular formula is C38H41N3O3. The topological polar surface area (TPSA) is 65.4 Å². The minimum Gasteiger partial charge on any atom is -0.493 e. The number of para-hydroxylation sites is 2. The predicted octanol–water partition coefficient (Wildman–Crippen LogP) is 7.59. The van der Waals surface area contributed by atoms with Gasteiger partial charge in [0.2, 0.25) is 5.91 Å². The molecule has 0 spiro atoms. The molecule has 0 aliphatic carbocycles. The van der Waals surface area contributed by atoms with Crippen LogP contribution in [0, 0.1) is 0 Å². The lowest BCUT2D eigenvalue weighted by Gasteiger charge is -2.13. The summed E-state index contributed by atoms with van der Waals surface area (Å²) < 4.78 is 13.9. The molecular weight excluding hydrogens is 546 g/mol. The number of carbonyl (C=O) groups excluding carboxylic acids is 1. The highest BCUT2D eigenvalue weighted by Gasteiger charge is 2.11. The van der Waals surface area contributed by atoms with Crippen LogP contribution in [0.5, 0.6) is 11.5 Å². The number of hydrogen-bond donors (Lipinski definition) is 1. The molecule has 0 atom stereocenters. The van der Waals surface area contributed by atoms with Crippen molar-refractivity contribution in [3.63, 3.8) is 0 Å². The molecule has 0 fully saturated rings. The number of allylic oxidation sites excluding steroid dienone is 1. The number of ether oxygens (including phenoxy) is 2. The van der Waals surface area contributed by atoms with Crippen molar-refractivity contribution in [1.29, 1.82) is 0 Å². The smallest absolute Gasteiger partial charge is 0.224 e. The zero-order valence-corrected chi connectivity index (χ0v) is 25.5. The van der Waals surface area contributed by atoms with Crippen molar-refractivity contribution in [3.05, 3.63) is 127 Å². The van der Waals surface area contributed by atoms with Crippen LogP contribution in [0.1, 0.15) is 36.2 Å². The van der Waals surface area contributed by atoms with Gasteiger partial charge < -0.3 is 19.4 Å². The number of imidazole rings is 1. The maximum absolute atomic E-state index is 12.6. The highest BCUT2D eigenvalue weighted by Crippen LogP contribution is 2.28. The molecule has 0 unspecified atom stereocenters. The van der Waals surface area contributed by atoms with Gasteiger partial charge in [0.05, 0.1) is 31.2 Å². The summed E-state index contributed by atoms with van der Waals surface area (Å²) in [5.41, 5.74) is 6.64. The van der Waals surface area contributed by atoms with E-state index in [0.717, 1.165) is 83.7 Å². The molecule has 5 aromatic rings. The number of amides is 1. The Morgan fingerprint density at radius 2 is 1.61 bits per heavy atom. The lowest BCUT2D eigenvalue weighted by atomic mass is 10.0. The number of unbranched alkanes of at least 4 members (excludes halogenated alkanes) is 1. The van der Waals surface area contributed by atoms with Crippen LogP contribution in [0.15, 0.2) is 110 Å². The van der Waals surface area contributed by atoms with Gasteiger partial charge >= 0.3 is 0 Å². The zero-order chi connectivity index (χ0) is 30.6. The van der Waals surface area contributed by atoms with Crippen molar-refractivity contribution in [2.45, 2.75) is 45.1 Å². The van der Waals surface area contributed by atoms with Crippen LogP contribution in [0.25, 0.3) is 22.2 Å². The summed E-state index contributed by atoms with van der Waals surface area (Å²) >= 11 is 0. The maximum atomic E-state index is 12.6. The van der Waals surface area contributed by atoms with Crippen LogP contribution in [0.4, 0.5) is 0 Å². The third-order valence-electron chi connectivity index (χ3n) is 7.70. The van der Waals surface area contributed by atoms with E-state index in [-0.39, 0.29) is 5.91 Å². The van der Waals surface area contributed by atoms with Crippen molar-refractivity contribution in [3.8, 4) is 22.6 Å². The van der Waals surface area contributed by atoms with Gasteiger partial charge in [-0.2, -0.15) is 0 Å². The second-order valence-electron chi connectivity index (χ2n) is 10.9. The minimum absolute atomic E-state index is 0.0398. The molecule has 44 heavy (non-hydrogen) atoms. The molecule has 1 aromatic heterocycles. The standard InChI is InChI=1S/C38H41N3O3/c1-3-12-29-20-23-35(36(27-29)43-2)44-26-10-9-25-41-34-16-8-7-15-33(34)40-37(41)17-11-24-39-38(42)28-30-18-21-32(22-19-30)31-13-5-4-6-14-31/h3-8,13-16,18-23,27H,1,9-12,17,24-26,28H2,2H3,(H,39,42). The van der Waals surface area contributed by atoms with Gasteiger partial charge in [0.1, 0.15) is 5.82 Å². The molecule has 4 aromatic carbocycles. The fraction of sp³-hybridized carbons (Fsp3) is 0.263. The van der Waals surface area contributed by atoms with E-state index >= 15 is 0 Å². The Morgan fingerprint density at radius 1 is 0.864 bits per heavy atom. The molecule has 0 bridgehead atoms. The van der Waals surface area contributed by atoms with E-state index in [4.69, 9.17) is 14.5 Å². The van der Waals surface area contributed by atoms with Crippen molar-refractivity contribution in [1.82, 2.24) is 14.9 Å². The van der Waals surface area contributed by atoms with E-state index in [2.05, 4.69) is 65.0 Å². The fourth-order valence-corrected chi connectivity index (χ4v) is 5.41. The van der Waals surface area contributed by atoms with Gasteiger partial charge in [0, 0.05) is 19.5 Å². The molecule has 1 N–H and O–H groups in total. The van der Waals surface area contributed by atoms with Crippen molar-refractivity contribution in [2.75, 3.05) is 20.3 Å². The predicted molar refractivity (Wildman–Crippen MR) is 178 cm³/mol. The fourth-order valence-electron chi connectivity index (χ4n) is 5.41. The highest BCUT2D eigenvalue weighted by atomic mass is 16.5. The van der Waals surface area contributed by atoms with E-state index in [9.17, 15) is 4.79 Å². The van der Waals surface area contributed by atoms with E-state index in [0.29, 0.717) is 19.6 Å². The number of nitrogens with zero attached hydrogens (tertiary/aromatic N) is 2. The number of rotatable bonds is 16. The van der Waals surface area contributed by atoms with E-state index < -0.39 is 0 Å². The summed E-state index contributed by atoms with van der Waals surface area (Å²) in [6.45, 7) is 5.89. The van der Waals surface area contributed by atoms with Crippen LogP contribution >= 0.6 is 0 Å². The number of carbonyl (C=O) groups is 1. The Kier molecular flexibility index (Phi) is 10.8. The Balaban J connectivity index is 1.08. The third-order valence-corrected chi connectivity index (χ3v) is 7.70. The molecule has 5 rings (SSSR count). The van der Waals surface area contributed by atoms with Gasteiger partial charge in [-0.1, -0.05) is 78.9 Å². The largest absolute Gasteiger partial charge is 0.493 e. The van der Waals surface area contributed by atoms with Gasteiger partial charge in [-0.05, 0) is 72.2 Å². The van der Waals surface area contributed by atoms with Crippen LogP contribution in [0.2, 0.25) is 0 Å². The lowest BCUT2D eigenvalue weighted by Crippen LogP contribution is -2.26. The molecule has 226 valence electrons. The number of nitrogens with one attached hydrogen (secondary N) is 1. The van der Waals surface area contributed by atoms with Gasteiger partial charge in [0.25, 0.3) is 0 Å². The Bertz CT molecular complexity index is 1660. The van der Waals surface area contributed by atoms with Gasteiger partial charge in [-0.25, -0.2) is 4.98 Å². The van der Waals surface area contributed by atoms with Crippen LogP contribution < -0.4 is 14.8 Å². The lowest BCUT2D eigenvalue weighted by molar-refractivity contribution is -0.120. The van der Waals surface area contributed by atoms with Crippen molar-refractivity contribution in [2.24, 2.45) is 0 Å². The molecule has 0 saturated heterocycles. The molecule has 1 heterocycles. The third kappa shape index (κ3) is 8.16. The summed E-state index contributed by atoms with van der Waals surface area (Å²) in [6, 6.07) is 32.8. The molecule has 0 aliphatic heterocycles. The Hall–Kier alpha value is -4.84. The van der Waals surface area contributed by atoms with E-state index in [1.807, 2.05) is 54.6 Å². The van der Waals surface area contributed by atoms with E-state index in [1.165, 1.54) is 5.56 Å². The number of fused-ring (bicyclic) bond motifs is 1. The van der Waals surface area contributed by atoms with Gasteiger partial charge in [0.15, 0.2) is 11.5 Å². The second kappa shape index (κ2) is 15.6. The molecule has 1 amide bonds. The van der Waals surface area contributed by atoms with Crippen LogP contribution in [0.3, 0.4) is 0 Å². The Labute approximate surface area is 260 Å². The van der Waals surface area contributed by atoms with Crippen molar-refractivity contribution >= 4 is 16.9 Å². The number of benzene rings is 4. The number of aromatic nitrogens is 2. The van der Waals surface area contributed by atoms with Gasteiger partial charge in [-0.15, -0.1) is 6.58 Å². The summed E-state index contributed by atoms with van der Waals surface area (Å²) in [5.74, 6) is 2.61. The first-order chi connectivity index (χ1) is 21.6. The Morgan fingerprint density at radius 3 is 2.41 bits per heavy atom. The van der Waals surface area contributed by atoms with E-state index in [1.54, 1.807) is 7.11 Å². The SMILES string of the molecule is C=CCc1ccc(OCCCCn2c(CCCNC(=O)Cc3ccc(-c4ccccc4)cc3)nc3ccccc32)c(OC)c1. The number of aryl methyl sites for hydroxylation is 2. The summed E-state index contributed by atoms with van der Waals surface area (Å²) in [7, 11) is 1.67. The summed E-state index contributed by atoms with van der Waals surface area (Å²) in [6.07, 6.45) is 6.55. The van der Waals surface area contributed by atoms with Crippen LogP contribution in [-0.2, 0) is 30.6 Å². The first-order valence-corrected chi connectivity index (χ1v) is 15.4. The second-order valence-corrected chi connectivity index (χ2v) is 10.9. The van der Waals surface area contributed by atoms with Crippen LogP contribution in [-0.4, -0.2) is 35.7 Å². The first-order valence-electron chi connectivity index (χ1n) is 15.4. The van der Waals surface area contributed by atoms with Crippen molar-refractivity contribution < 1.29 is 14.3 Å². The average Bonchev–Trinajstić information content (AvgIpc) is 3.41. The first kappa shape index (κ1) is 30.6. The molecule has 0 radical (unpaired) electrons. The summed E-state index contributed by atoms with van der Waals surface area (Å²) in [5, 5.41) is 3.09. The molecule has 6 nitrogen and oxygen atoms in total. The minimum atomic E-state index is 0.0398. The summed E-state index contributed by atoms with van der Waals surface area (Å²) in [4.78, 5) is 17.5. The normalized spacial score (nSPS) is 10.9. The maximum Gasteiger partial charge on any atom is 0.224 e. The number of methoxy groups -OCH3 is 1. The molecule has 0 aliphatic rings. The number of hydrogen-bond acceptors (Lipinski definition) is 4. The molecule has 6 heteroatoms. The molecule has 0 saturated carbocycles. The quantitative estimate of drug-likeness (QED) is 0.0954. The van der Waals surface area contributed by atoms with Gasteiger partial charge in [-0.3, -0.25) is 4.79 Å². The zero-order valence-electron chi connectivity index (χ0n) is 25.5.